The summed E-state index contributed by atoms with van der Waals surface area (Å²) in [5, 5.41) is 0.828. The van der Waals surface area contributed by atoms with Gasteiger partial charge in [-0.1, -0.05) is 18.2 Å². The smallest absolute Gasteiger partial charge is 0.175 e. The molecule has 3 fully saturated rings. The molecule has 0 amide bonds. The third kappa shape index (κ3) is 2.33. The molecule has 4 rings (SSSR count). The zero-order valence-corrected chi connectivity index (χ0v) is 11.4. The van der Waals surface area contributed by atoms with Crippen LogP contribution in [-0.4, -0.2) is 46.1 Å². The molecule has 3 saturated heterocycles. The summed E-state index contributed by atoms with van der Waals surface area (Å²) in [7, 11) is 0. The standard InChI is InChI=1S/C13H16NS.Al/c1-2-4-12(5-3-1)15-13-10-14-8-6-11(13)7-9-14;/h1-2,4-5,11,13H,6-10H2;. The predicted octanol–water partition coefficient (Wildman–Crippen LogP) is 1.67. The van der Waals surface area contributed by atoms with Crippen LogP contribution >= 0.6 is 11.8 Å². The fourth-order valence-corrected chi connectivity index (χ4v) is 4.68. The number of fused-ring (bicyclic) bond motifs is 3. The van der Waals surface area contributed by atoms with Gasteiger partial charge in [-0.2, -0.15) is 0 Å². The van der Waals surface area contributed by atoms with Crippen molar-refractivity contribution in [2.45, 2.75) is 23.0 Å². The highest BCUT2D eigenvalue weighted by atomic mass is 32.2. The van der Waals surface area contributed by atoms with Crippen molar-refractivity contribution in [3.05, 3.63) is 24.3 Å². The van der Waals surface area contributed by atoms with Crippen LogP contribution in [-0.2, 0) is 0 Å². The molecule has 0 N–H and O–H groups in total. The highest BCUT2D eigenvalue weighted by Gasteiger charge is 2.34. The summed E-state index contributed by atoms with van der Waals surface area (Å²) in [5.41, 5.74) is 0. The lowest BCUT2D eigenvalue weighted by molar-refractivity contribution is 0.118. The summed E-state index contributed by atoms with van der Waals surface area (Å²) in [5.74, 6) is 0.961. The Balaban J connectivity index is 1.71. The Morgan fingerprint density at radius 1 is 1.25 bits per heavy atom. The topological polar surface area (TPSA) is 3.24 Å². The molecule has 0 saturated carbocycles. The number of thioether (sulfide) groups is 1. The van der Waals surface area contributed by atoms with Crippen molar-refractivity contribution in [3.8, 4) is 0 Å². The summed E-state index contributed by atoms with van der Waals surface area (Å²) in [6, 6.07) is 8.83. The molecule has 1 nitrogen and oxygen atoms in total. The Kier molecular flexibility index (Phi) is 3.31. The van der Waals surface area contributed by atoms with E-state index >= 15 is 0 Å². The molecular formula is C13H16AlNS. The van der Waals surface area contributed by atoms with E-state index < -0.39 is 0 Å². The van der Waals surface area contributed by atoms with Gasteiger partial charge >= 0.3 is 0 Å². The van der Waals surface area contributed by atoms with Gasteiger partial charge in [-0.25, -0.2) is 0 Å². The quantitative estimate of drug-likeness (QED) is 0.729. The summed E-state index contributed by atoms with van der Waals surface area (Å²) >= 11 is 4.87. The van der Waals surface area contributed by atoms with Gasteiger partial charge in [0.25, 0.3) is 0 Å². The second-order valence-corrected chi connectivity index (χ2v) is 6.85. The lowest BCUT2D eigenvalue weighted by atomic mass is 9.88. The molecule has 0 aliphatic carbocycles. The number of piperidine rings is 3. The van der Waals surface area contributed by atoms with Gasteiger partial charge in [0.05, 0.1) is 0 Å². The first-order valence-electron chi connectivity index (χ1n) is 6.06. The van der Waals surface area contributed by atoms with Crippen molar-refractivity contribution in [1.29, 1.82) is 0 Å². The van der Waals surface area contributed by atoms with Crippen LogP contribution < -0.4 is 4.43 Å². The summed E-state index contributed by atoms with van der Waals surface area (Å²) < 4.78 is 1.30. The van der Waals surface area contributed by atoms with Gasteiger partial charge in [-0.05, 0) is 37.9 Å². The Bertz CT molecular complexity index is 374. The van der Waals surface area contributed by atoms with Gasteiger partial charge in [-0.15, -0.1) is 16.2 Å². The van der Waals surface area contributed by atoms with Gasteiger partial charge in [0.1, 0.15) is 0 Å². The van der Waals surface area contributed by atoms with E-state index in [9.17, 15) is 0 Å². The van der Waals surface area contributed by atoms with E-state index in [1.165, 1.54) is 41.8 Å². The van der Waals surface area contributed by atoms with Crippen LogP contribution in [0.25, 0.3) is 0 Å². The molecule has 3 heteroatoms. The lowest BCUT2D eigenvalue weighted by Gasteiger charge is -2.44. The van der Waals surface area contributed by atoms with Crippen molar-refractivity contribution in [1.82, 2.24) is 4.90 Å². The third-order valence-electron chi connectivity index (χ3n) is 3.74. The van der Waals surface area contributed by atoms with Crippen molar-refractivity contribution in [2.24, 2.45) is 5.92 Å². The Hall–Kier alpha value is 0.0625. The number of rotatable bonds is 2. The van der Waals surface area contributed by atoms with E-state index in [1.54, 1.807) is 0 Å². The zero-order chi connectivity index (χ0) is 11.0. The molecule has 82 valence electrons. The Morgan fingerprint density at radius 3 is 2.69 bits per heavy atom. The third-order valence-corrected chi connectivity index (χ3v) is 5.46. The van der Waals surface area contributed by atoms with Gasteiger partial charge in [-0.3, -0.25) is 0 Å². The van der Waals surface area contributed by atoms with E-state index in [2.05, 4.69) is 57.2 Å². The van der Waals surface area contributed by atoms with Crippen LogP contribution in [0.2, 0.25) is 0 Å². The summed E-state index contributed by atoms with van der Waals surface area (Å²) in [6.07, 6.45) is 2.83. The monoisotopic (exact) mass is 245 g/mol. The average molecular weight is 245 g/mol. The SMILES string of the molecule is [Al][c]1cccc(SC2CN3CCC2CC3)c1. The largest absolute Gasteiger partial charge is 0.302 e. The van der Waals surface area contributed by atoms with E-state index in [1.807, 2.05) is 0 Å². The first-order valence-corrected chi connectivity index (χ1v) is 7.51. The minimum Gasteiger partial charge on any atom is -0.302 e. The highest BCUT2D eigenvalue weighted by Crippen LogP contribution is 2.38. The Labute approximate surface area is 110 Å². The molecule has 3 aliphatic rings. The molecule has 0 spiro atoms. The average Bonchev–Trinajstić information content (AvgIpc) is 2.30. The maximum absolute atomic E-state index is 2.79. The molecule has 2 radical (unpaired) electrons. The van der Waals surface area contributed by atoms with Crippen molar-refractivity contribution in [3.63, 3.8) is 0 Å². The number of benzene rings is 1. The molecule has 3 aliphatic heterocycles. The normalized spacial score (nSPS) is 32.9. The van der Waals surface area contributed by atoms with E-state index in [-0.39, 0.29) is 0 Å². The predicted molar refractivity (Wildman–Crippen MR) is 70.6 cm³/mol. The number of hydrogen-bond donors (Lipinski definition) is 0. The van der Waals surface area contributed by atoms with Gasteiger partial charge in [0.2, 0.25) is 0 Å². The fourth-order valence-electron chi connectivity index (χ4n) is 2.81. The summed E-state index contributed by atoms with van der Waals surface area (Å²) in [4.78, 5) is 4.06. The minimum absolute atomic E-state index is 0.828. The van der Waals surface area contributed by atoms with Crippen LogP contribution in [0.1, 0.15) is 12.8 Å². The van der Waals surface area contributed by atoms with Gasteiger partial charge < -0.3 is 4.90 Å². The first kappa shape index (κ1) is 11.2. The van der Waals surface area contributed by atoms with Crippen molar-refractivity contribution in [2.75, 3.05) is 19.6 Å². The first-order chi connectivity index (χ1) is 7.81. The minimum atomic E-state index is 0.828. The van der Waals surface area contributed by atoms with E-state index in [0.29, 0.717) is 0 Å². The molecule has 1 atom stereocenters. The van der Waals surface area contributed by atoms with Crippen molar-refractivity contribution < 1.29 is 0 Å². The number of nitrogens with zero attached hydrogens (tertiary/aromatic N) is 1. The van der Waals surface area contributed by atoms with E-state index in [4.69, 9.17) is 0 Å². The molecule has 1 aromatic rings. The van der Waals surface area contributed by atoms with Crippen LogP contribution in [0.15, 0.2) is 29.2 Å². The van der Waals surface area contributed by atoms with Crippen LogP contribution in [0.5, 0.6) is 0 Å². The van der Waals surface area contributed by atoms with Crippen LogP contribution in [0.4, 0.5) is 0 Å². The number of hydrogen-bond acceptors (Lipinski definition) is 2. The highest BCUT2D eigenvalue weighted by molar-refractivity contribution is 8.00. The second-order valence-electron chi connectivity index (χ2n) is 4.87. The van der Waals surface area contributed by atoms with Gasteiger partial charge in [0, 0.05) is 16.7 Å². The van der Waals surface area contributed by atoms with Crippen LogP contribution in [0.3, 0.4) is 0 Å². The van der Waals surface area contributed by atoms with Crippen LogP contribution in [0, 0.1) is 5.92 Å². The Morgan fingerprint density at radius 2 is 2.06 bits per heavy atom. The molecule has 16 heavy (non-hydrogen) atoms. The second kappa shape index (κ2) is 4.74. The maximum atomic E-state index is 2.79. The molecular weight excluding hydrogens is 229 g/mol. The summed E-state index contributed by atoms with van der Waals surface area (Å²) in [6.45, 7) is 3.98. The molecule has 1 unspecified atom stereocenters. The van der Waals surface area contributed by atoms with Gasteiger partial charge in [0.15, 0.2) is 16.3 Å². The lowest BCUT2D eigenvalue weighted by Crippen LogP contribution is -2.48. The zero-order valence-electron chi connectivity index (χ0n) is 9.43. The van der Waals surface area contributed by atoms with Crippen molar-refractivity contribution >= 4 is 32.5 Å². The molecule has 0 aromatic heterocycles. The molecule has 3 heterocycles. The molecule has 1 aromatic carbocycles. The molecule has 2 bridgehead atoms. The maximum Gasteiger partial charge on any atom is 0.175 e. The van der Waals surface area contributed by atoms with E-state index in [0.717, 1.165) is 11.2 Å². The fraction of sp³-hybridized carbons (Fsp3) is 0.538.